The Kier molecular flexibility index (Phi) is 17.0. The normalized spacial score (nSPS) is 13.3. The summed E-state index contributed by atoms with van der Waals surface area (Å²) >= 11 is 0. The van der Waals surface area contributed by atoms with Crippen LogP contribution in [0.25, 0.3) is 0 Å². The van der Waals surface area contributed by atoms with Crippen LogP contribution in [0.3, 0.4) is 0 Å². The number of pyridine rings is 1. The van der Waals surface area contributed by atoms with Crippen LogP contribution in [0, 0.1) is 0 Å². The first kappa shape index (κ1) is 61.6. The van der Waals surface area contributed by atoms with E-state index in [1.165, 1.54) is 0 Å². The average Bonchev–Trinajstić information content (AvgIpc) is 3.29. The van der Waals surface area contributed by atoms with Gasteiger partial charge in [-0.1, -0.05) is 66.7 Å². The highest BCUT2D eigenvalue weighted by Gasteiger charge is 2.47. The van der Waals surface area contributed by atoms with Gasteiger partial charge in [0.2, 0.25) is 12.3 Å². The van der Waals surface area contributed by atoms with Crippen molar-refractivity contribution in [3.05, 3.63) is 183 Å². The second kappa shape index (κ2) is 21.5. The molecule has 0 spiro atoms. The third-order valence-corrected chi connectivity index (χ3v) is 11.3. The minimum atomic E-state index is -6.13. The lowest BCUT2D eigenvalue weighted by atomic mass is 9.12. The molecule has 78 heavy (non-hydrogen) atoms. The topological polar surface area (TPSA) is 47.3 Å². The zero-order valence-corrected chi connectivity index (χ0v) is 38.7. The summed E-state index contributed by atoms with van der Waals surface area (Å²) < 4.78 is 348. The summed E-state index contributed by atoms with van der Waals surface area (Å²) in [5.41, 5.74) is -29.2. The maximum atomic E-state index is 14.2. The monoisotopic (exact) mass is 1150 g/mol. The number of rotatable bonds is 9. The number of aromatic nitrogens is 1. The molecule has 0 saturated carbocycles. The molecule has 0 N–H and O–H groups in total. The summed E-state index contributed by atoms with van der Waals surface area (Å²) in [6.07, 6.45) is -51.3. The van der Waals surface area contributed by atoms with Crippen LogP contribution in [0.5, 0.6) is 0 Å². The maximum absolute atomic E-state index is 14.2. The Balaban J connectivity index is 0.000000443. The van der Waals surface area contributed by atoms with Crippen molar-refractivity contribution in [2.45, 2.75) is 75.9 Å². The number of esters is 1. The van der Waals surface area contributed by atoms with Gasteiger partial charge in [0.1, 0.15) is 6.15 Å². The van der Waals surface area contributed by atoms with E-state index in [9.17, 15) is 115 Å². The van der Waals surface area contributed by atoms with Crippen LogP contribution in [0.4, 0.5) is 105 Å². The molecule has 0 aliphatic carbocycles. The molecule has 6 aromatic rings. The second-order valence-corrected chi connectivity index (χ2v) is 17.2. The molecule has 0 aliphatic rings. The Morgan fingerprint density at radius 2 is 0.615 bits per heavy atom. The zero-order valence-electron chi connectivity index (χ0n) is 38.7. The molecule has 420 valence electrons. The highest BCUT2D eigenvalue weighted by Crippen LogP contribution is 2.41. The first-order chi connectivity index (χ1) is 35.3. The van der Waals surface area contributed by atoms with Gasteiger partial charge in [0.25, 0.3) is 0 Å². The van der Waals surface area contributed by atoms with E-state index in [0.29, 0.717) is 11.1 Å². The third-order valence-electron chi connectivity index (χ3n) is 11.3. The summed E-state index contributed by atoms with van der Waals surface area (Å²) in [5, 5.41) is 0. The van der Waals surface area contributed by atoms with Gasteiger partial charge in [0.05, 0.1) is 56.2 Å². The highest BCUT2D eigenvalue weighted by atomic mass is 19.4. The minimum absolute atomic E-state index is 0.00465. The van der Waals surface area contributed by atoms with Gasteiger partial charge in [-0.15, -0.1) is 0 Å². The molecule has 1 aromatic heterocycles. The van der Waals surface area contributed by atoms with Gasteiger partial charge >= 0.3 is 55.4 Å². The predicted octanol–water partition coefficient (Wildman–Crippen LogP) is 13.6. The number of carbonyl (C=O) groups excluding carboxylic acids is 2. The number of Topliss-reactive ketones (excluding diaryl/α,β-unsaturated/α-hetero) is 1. The summed E-state index contributed by atoms with van der Waals surface area (Å²) in [4.78, 5) is 23.9. The molecule has 1 heterocycles. The van der Waals surface area contributed by atoms with Gasteiger partial charge < -0.3 is 4.74 Å². The quantitative estimate of drug-likeness (QED) is 0.0477. The molecular formula is C49H30BF24NO3. The molecule has 0 saturated heterocycles. The summed E-state index contributed by atoms with van der Waals surface area (Å²) in [6, 6.07) is 3.38. The van der Waals surface area contributed by atoms with Crippen molar-refractivity contribution in [1.82, 2.24) is 0 Å². The highest BCUT2D eigenvalue weighted by molar-refractivity contribution is 7.20. The number of hydrogen-bond donors (Lipinski definition) is 0. The molecule has 29 heteroatoms. The average molecular weight is 1150 g/mol. The molecule has 5 aromatic carbocycles. The SMILES string of the molecule is CC(C)OC(=O)c1ccc(C(=O)C[n+]2ccccc2)cc1.FC(F)(F)c1cc([B-](c2cc(C(F)(F)F)cc(C(F)(F)F)c2)(c2cc(C(F)(F)F)cc(C(F)(F)F)c2)c2cc(C(F)(F)F)cc(C(F)(F)F)c2)cc(C(F)(F)F)c1. The third kappa shape index (κ3) is 14.7. The standard InChI is InChI=1S/C32H12BF24.C17H18NO3/c34-25(35,36)13-1-14(26(37,38)39)6-21(5-13)33(22-7-15(27(40,41)42)2-16(8-22)28(43,44)45,23-9-17(29(46,47)48)3-18(10-23)30(49,50)51)24-11-19(31(52,53)54)4-20(12-24)32(55,56)57;1-13(2)21-17(20)15-8-6-14(7-9-15)16(19)12-18-10-4-3-5-11-18/h1-12H;3-11,13H,12H2,1-2H3/q-1;+1. The molecule has 0 fully saturated rings. The van der Waals surface area contributed by atoms with Crippen molar-refractivity contribution in [2.24, 2.45) is 0 Å². The van der Waals surface area contributed by atoms with Gasteiger partial charge in [0.15, 0.2) is 12.4 Å². The van der Waals surface area contributed by atoms with Gasteiger partial charge in [0, 0.05) is 17.7 Å². The molecule has 4 nitrogen and oxygen atoms in total. The fourth-order valence-corrected chi connectivity index (χ4v) is 7.94. The Morgan fingerprint density at radius 3 is 0.833 bits per heavy atom. The van der Waals surface area contributed by atoms with Crippen molar-refractivity contribution in [3.63, 3.8) is 0 Å². The molecule has 6 rings (SSSR count). The molecule has 0 bridgehead atoms. The fraction of sp³-hybridized carbons (Fsp3) is 0.245. The van der Waals surface area contributed by atoms with Crippen LogP contribution in [0.2, 0.25) is 0 Å². The Bertz CT molecular complexity index is 2690. The van der Waals surface area contributed by atoms with Crippen molar-refractivity contribution < 1.29 is 124 Å². The van der Waals surface area contributed by atoms with E-state index in [-0.39, 0.29) is 24.4 Å². The van der Waals surface area contributed by atoms with Crippen LogP contribution in [0.15, 0.2) is 128 Å². The lowest BCUT2D eigenvalue weighted by Gasteiger charge is -2.46. The maximum Gasteiger partial charge on any atom is 0.416 e. The number of halogens is 24. The number of ether oxygens (including phenoxy) is 1. The van der Waals surface area contributed by atoms with Crippen molar-refractivity contribution >= 4 is 39.7 Å². The Hall–Kier alpha value is -7.23. The Morgan fingerprint density at radius 1 is 0.385 bits per heavy atom. The largest absolute Gasteiger partial charge is 0.459 e. The fourth-order valence-electron chi connectivity index (χ4n) is 7.94. The minimum Gasteiger partial charge on any atom is -0.459 e. The van der Waals surface area contributed by atoms with Gasteiger partial charge in [-0.3, -0.25) is 4.79 Å². The van der Waals surface area contributed by atoms with Crippen LogP contribution in [0.1, 0.15) is 79.1 Å². The van der Waals surface area contributed by atoms with E-state index >= 15 is 0 Å². The van der Waals surface area contributed by atoms with Crippen molar-refractivity contribution in [1.29, 1.82) is 0 Å². The van der Waals surface area contributed by atoms with E-state index in [4.69, 9.17) is 4.74 Å². The molecule has 0 amide bonds. The summed E-state index contributed by atoms with van der Waals surface area (Å²) in [6.45, 7) is 3.87. The van der Waals surface area contributed by atoms with E-state index in [2.05, 4.69) is 0 Å². The number of benzene rings is 5. The number of carbonyl (C=O) groups is 2. The summed E-state index contributed by atoms with van der Waals surface area (Å²) in [7, 11) is 0. The number of nitrogens with zero attached hydrogens (tertiary/aromatic N) is 1. The van der Waals surface area contributed by atoms with Crippen LogP contribution in [-0.4, -0.2) is 24.0 Å². The lowest BCUT2D eigenvalue weighted by molar-refractivity contribution is -0.683. The molecule has 0 aliphatic heterocycles. The van der Waals surface area contributed by atoms with Crippen LogP contribution >= 0.6 is 0 Å². The number of hydrogen-bond acceptors (Lipinski definition) is 3. The van der Waals surface area contributed by atoms with Gasteiger partial charge in [-0.2, -0.15) is 132 Å². The van der Waals surface area contributed by atoms with Crippen molar-refractivity contribution in [3.8, 4) is 0 Å². The smallest absolute Gasteiger partial charge is 0.416 e. The van der Waals surface area contributed by atoms with Gasteiger partial charge in [-0.25, -0.2) is 4.79 Å². The van der Waals surface area contributed by atoms with E-state index in [0.717, 1.165) is 0 Å². The van der Waals surface area contributed by atoms with Crippen LogP contribution in [-0.2, 0) is 60.7 Å². The number of ketones is 1. The first-order valence-corrected chi connectivity index (χ1v) is 21.5. The molecular weight excluding hydrogens is 1120 g/mol. The molecule has 0 radical (unpaired) electrons. The van der Waals surface area contributed by atoms with E-state index in [1.807, 2.05) is 35.2 Å². The first-order valence-electron chi connectivity index (χ1n) is 21.5. The molecule has 0 unspecified atom stereocenters. The summed E-state index contributed by atoms with van der Waals surface area (Å²) in [5.74, 6) is -0.378. The second-order valence-electron chi connectivity index (χ2n) is 17.2. The van der Waals surface area contributed by atoms with Crippen molar-refractivity contribution in [2.75, 3.05) is 0 Å². The van der Waals surface area contributed by atoms with E-state index < -0.39 is 195 Å². The number of alkyl halides is 24. The van der Waals surface area contributed by atoms with E-state index in [1.54, 1.807) is 38.1 Å². The lowest BCUT2D eigenvalue weighted by Crippen LogP contribution is -2.75. The van der Waals surface area contributed by atoms with Crippen LogP contribution < -0.4 is 26.4 Å². The predicted molar refractivity (Wildman–Crippen MR) is 228 cm³/mol. The Labute approximate surface area is 422 Å². The zero-order chi connectivity index (χ0) is 59.2. The molecule has 0 atom stereocenters. The van der Waals surface area contributed by atoms with Gasteiger partial charge in [-0.05, 0) is 50.2 Å².